The maximum absolute atomic E-state index is 10.9. The van der Waals surface area contributed by atoms with Crippen LogP contribution >= 0.6 is 0 Å². The first-order chi connectivity index (χ1) is 14.7. The molecule has 0 aliphatic rings. The molecule has 0 atom stereocenters. The molecule has 0 bridgehead atoms. The Balaban J connectivity index is 2.52. The summed E-state index contributed by atoms with van der Waals surface area (Å²) in [6.07, 6.45) is 2.75. The Bertz CT molecular complexity index is 914. The van der Waals surface area contributed by atoms with Gasteiger partial charge in [-0.2, -0.15) is 0 Å². The third-order valence-corrected chi connectivity index (χ3v) is 6.53. The summed E-state index contributed by atoms with van der Waals surface area (Å²) in [5.41, 5.74) is 6.37. The molecule has 2 N–H and O–H groups in total. The van der Waals surface area contributed by atoms with Gasteiger partial charge in [0, 0.05) is 11.1 Å². The Morgan fingerprint density at radius 3 is 1.12 bits per heavy atom. The van der Waals surface area contributed by atoms with Gasteiger partial charge in [0.25, 0.3) is 0 Å². The molecule has 2 aromatic rings. The minimum absolute atomic E-state index is 0.131. The molecule has 0 saturated carbocycles. The van der Waals surface area contributed by atoms with E-state index in [9.17, 15) is 10.2 Å². The van der Waals surface area contributed by atoms with Crippen LogP contribution in [0.5, 0.6) is 11.5 Å². The maximum Gasteiger partial charge on any atom is 0.122 e. The van der Waals surface area contributed by atoms with Crippen LogP contribution in [0, 0.1) is 24.7 Å². The quantitative estimate of drug-likeness (QED) is 0.460. The zero-order valence-electron chi connectivity index (χ0n) is 23.3. The lowest BCUT2D eigenvalue weighted by atomic mass is 9.71. The Kier molecular flexibility index (Phi) is 7.45. The maximum atomic E-state index is 10.9. The van der Waals surface area contributed by atoms with Gasteiger partial charge in [-0.15, -0.1) is 0 Å². The van der Waals surface area contributed by atoms with Gasteiger partial charge >= 0.3 is 0 Å². The van der Waals surface area contributed by atoms with Gasteiger partial charge in [0.15, 0.2) is 0 Å². The number of aryl methyl sites for hydroxylation is 2. The molecule has 2 rings (SSSR count). The molecule has 0 heterocycles. The molecule has 0 amide bonds. The smallest absolute Gasteiger partial charge is 0.122 e. The predicted octanol–water partition coefficient (Wildman–Crippen LogP) is 8.73. The predicted molar refractivity (Wildman–Crippen MR) is 143 cm³/mol. The van der Waals surface area contributed by atoms with E-state index >= 15 is 0 Å². The van der Waals surface area contributed by atoms with E-state index < -0.39 is 0 Å². The van der Waals surface area contributed by atoms with Gasteiger partial charge in [0.1, 0.15) is 11.5 Å². The molecule has 0 saturated heterocycles. The third-order valence-electron chi connectivity index (χ3n) is 6.53. The molecule has 0 radical (unpaired) electrons. The van der Waals surface area contributed by atoms with Gasteiger partial charge in [-0.05, 0) is 77.0 Å². The van der Waals surface area contributed by atoms with Crippen molar-refractivity contribution in [3.8, 4) is 11.5 Å². The minimum atomic E-state index is -0.131. The Morgan fingerprint density at radius 1 is 0.545 bits per heavy atom. The van der Waals surface area contributed by atoms with Crippen LogP contribution in [-0.2, 0) is 17.3 Å². The molecule has 2 heteroatoms. The van der Waals surface area contributed by atoms with Gasteiger partial charge in [-0.3, -0.25) is 0 Å². The number of phenolic OH excluding ortho intramolecular Hbond substituents is 2. The van der Waals surface area contributed by atoms with Gasteiger partial charge < -0.3 is 10.2 Å². The molecule has 0 fully saturated rings. The van der Waals surface area contributed by atoms with Crippen LogP contribution in [0.1, 0.15) is 115 Å². The van der Waals surface area contributed by atoms with Crippen molar-refractivity contribution < 1.29 is 10.2 Å². The monoisotopic (exact) mass is 452 g/mol. The summed E-state index contributed by atoms with van der Waals surface area (Å²) in [5, 5.41) is 21.9. The van der Waals surface area contributed by atoms with Gasteiger partial charge in [-0.1, -0.05) is 93.5 Å². The highest BCUT2D eigenvalue weighted by molar-refractivity contribution is 5.50. The molecule has 184 valence electrons. The molecular formula is C31H48O2. The molecule has 2 aromatic carbocycles. The van der Waals surface area contributed by atoms with E-state index in [1.807, 2.05) is 13.8 Å². The summed E-state index contributed by atoms with van der Waals surface area (Å²) in [7, 11) is 0. The van der Waals surface area contributed by atoms with Crippen LogP contribution in [0.25, 0.3) is 0 Å². The van der Waals surface area contributed by atoms with Crippen molar-refractivity contribution in [3.63, 3.8) is 0 Å². The lowest BCUT2D eigenvalue weighted by Gasteiger charge is -2.34. The summed E-state index contributed by atoms with van der Waals surface area (Å²) in [6, 6.07) is 8.59. The fourth-order valence-corrected chi connectivity index (χ4v) is 6.02. The van der Waals surface area contributed by atoms with E-state index in [-0.39, 0.29) is 21.7 Å². The number of aromatic hydroxyl groups is 2. The standard InChI is InChI=1S/C31H48O2/c1-20-13-22(16-24(26(20)32)30(9,10)18-28(3,4)5)15-23-14-21(2)27(33)25(17-23)31(11,12)19-29(6,7)8/h13-14,16-17,32-33H,15,18-19H2,1-12H3. The van der Waals surface area contributed by atoms with Crippen molar-refractivity contribution in [3.05, 3.63) is 57.6 Å². The van der Waals surface area contributed by atoms with Crippen LogP contribution in [-0.4, -0.2) is 10.2 Å². The summed E-state index contributed by atoms with van der Waals surface area (Å²) < 4.78 is 0. The Labute approximate surface area is 203 Å². The Morgan fingerprint density at radius 2 is 0.848 bits per heavy atom. The van der Waals surface area contributed by atoms with Crippen LogP contribution in [0.4, 0.5) is 0 Å². The van der Waals surface area contributed by atoms with E-state index in [0.717, 1.165) is 41.5 Å². The SMILES string of the molecule is Cc1cc(Cc2cc(C)c(O)c(C(C)(C)CC(C)(C)C)c2)cc(C(C)(C)CC(C)(C)C)c1O. The normalized spacial score (nSPS) is 13.5. The van der Waals surface area contributed by atoms with Crippen molar-refractivity contribution in [1.82, 2.24) is 0 Å². The van der Waals surface area contributed by atoms with Gasteiger partial charge in [0.05, 0.1) is 0 Å². The molecule has 0 spiro atoms. The number of hydrogen-bond acceptors (Lipinski definition) is 2. The molecule has 2 nitrogen and oxygen atoms in total. The average molecular weight is 453 g/mol. The lowest BCUT2D eigenvalue weighted by Crippen LogP contribution is -2.25. The van der Waals surface area contributed by atoms with E-state index in [1.54, 1.807) is 0 Å². The molecule has 33 heavy (non-hydrogen) atoms. The molecule has 0 unspecified atom stereocenters. The summed E-state index contributed by atoms with van der Waals surface area (Å²) in [4.78, 5) is 0. The number of hydrogen-bond donors (Lipinski definition) is 2. The molecule has 0 aliphatic heterocycles. The fraction of sp³-hybridized carbons (Fsp3) is 0.613. The second kappa shape index (κ2) is 9.01. The highest BCUT2D eigenvalue weighted by Gasteiger charge is 2.32. The highest BCUT2D eigenvalue weighted by atomic mass is 16.3. The second-order valence-corrected chi connectivity index (χ2v) is 14.0. The Hall–Kier alpha value is -1.96. The van der Waals surface area contributed by atoms with Crippen LogP contribution in [0.2, 0.25) is 0 Å². The summed E-state index contributed by atoms with van der Waals surface area (Å²) in [5.74, 6) is 0.837. The molecule has 0 aliphatic carbocycles. The average Bonchev–Trinajstić information content (AvgIpc) is 2.56. The van der Waals surface area contributed by atoms with Crippen molar-refractivity contribution in [2.75, 3.05) is 0 Å². The van der Waals surface area contributed by atoms with Crippen molar-refractivity contribution in [1.29, 1.82) is 0 Å². The number of phenols is 2. The zero-order chi connectivity index (χ0) is 25.6. The van der Waals surface area contributed by atoms with Crippen molar-refractivity contribution in [2.24, 2.45) is 10.8 Å². The first kappa shape index (κ1) is 27.3. The number of benzene rings is 2. The van der Waals surface area contributed by atoms with Crippen LogP contribution in [0.15, 0.2) is 24.3 Å². The van der Waals surface area contributed by atoms with E-state index in [1.165, 1.54) is 11.1 Å². The summed E-state index contributed by atoms with van der Waals surface area (Å²) >= 11 is 0. The van der Waals surface area contributed by atoms with Gasteiger partial charge in [-0.25, -0.2) is 0 Å². The first-order valence-corrected chi connectivity index (χ1v) is 12.4. The van der Waals surface area contributed by atoms with Crippen molar-refractivity contribution in [2.45, 2.75) is 113 Å². The van der Waals surface area contributed by atoms with Crippen LogP contribution in [0.3, 0.4) is 0 Å². The largest absolute Gasteiger partial charge is 0.507 e. The second-order valence-electron chi connectivity index (χ2n) is 14.0. The van der Waals surface area contributed by atoms with Crippen molar-refractivity contribution >= 4 is 0 Å². The highest BCUT2D eigenvalue weighted by Crippen LogP contribution is 2.43. The molecular weight excluding hydrogens is 404 g/mol. The summed E-state index contributed by atoms with van der Waals surface area (Å²) in [6.45, 7) is 26.4. The minimum Gasteiger partial charge on any atom is -0.507 e. The fourth-order valence-electron chi connectivity index (χ4n) is 6.02. The van der Waals surface area contributed by atoms with E-state index in [4.69, 9.17) is 0 Å². The number of rotatable bonds is 6. The van der Waals surface area contributed by atoms with E-state index in [0.29, 0.717) is 11.5 Å². The first-order valence-electron chi connectivity index (χ1n) is 12.4. The molecule has 0 aromatic heterocycles. The van der Waals surface area contributed by atoms with Gasteiger partial charge in [0.2, 0.25) is 0 Å². The zero-order valence-corrected chi connectivity index (χ0v) is 23.3. The lowest BCUT2D eigenvalue weighted by molar-refractivity contribution is 0.277. The topological polar surface area (TPSA) is 40.5 Å². The van der Waals surface area contributed by atoms with E-state index in [2.05, 4.69) is 93.5 Å². The third kappa shape index (κ3) is 7.01. The van der Waals surface area contributed by atoms with Crippen LogP contribution < -0.4 is 0 Å².